The van der Waals surface area contributed by atoms with Crippen LogP contribution in [0.25, 0.3) is 33.5 Å². The van der Waals surface area contributed by atoms with Gasteiger partial charge in [-0.1, -0.05) is 60.7 Å². The molecule has 1 aliphatic rings. The lowest BCUT2D eigenvalue weighted by atomic mass is 9.93. The lowest BCUT2D eigenvalue weighted by Gasteiger charge is -2.31. The Morgan fingerprint density at radius 1 is 0.921 bits per heavy atom. The average Bonchev–Trinajstić information content (AvgIpc) is 3.35. The van der Waals surface area contributed by atoms with E-state index in [1.165, 1.54) is 29.5 Å². The Balaban J connectivity index is 0.000000426. The molecule has 9 heteroatoms. The molecule has 5 rings (SSSR count). The summed E-state index contributed by atoms with van der Waals surface area (Å²) in [5.41, 5.74) is 6.98. The highest BCUT2D eigenvalue weighted by atomic mass is 19.4. The second-order valence-corrected chi connectivity index (χ2v) is 9.41. The first-order chi connectivity index (χ1) is 18.2. The van der Waals surface area contributed by atoms with E-state index in [1.807, 2.05) is 18.2 Å². The van der Waals surface area contributed by atoms with Crippen molar-refractivity contribution in [3.63, 3.8) is 0 Å². The Morgan fingerprint density at radius 2 is 1.47 bits per heavy atom. The number of aromatic nitrogens is 2. The van der Waals surface area contributed by atoms with Crippen molar-refractivity contribution in [2.45, 2.75) is 32.0 Å². The van der Waals surface area contributed by atoms with Gasteiger partial charge >= 0.3 is 12.1 Å². The zero-order valence-corrected chi connectivity index (χ0v) is 20.8. The smallest absolute Gasteiger partial charge is 0.475 e. The van der Waals surface area contributed by atoms with E-state index in [-0.39, 0.29) is 0 Å². The highest BCUT2D eigenvalue weighted by Gasteiger charge is 2.38. The zero-order chi connectivity index (χ0) is 27.1. The number of hydrogen-bond donors (Lipinski definition) is 3. The maximum Gasteiger partial charge on any atom is 0.490 e. The molecule has 0 radical (unpaired) electrons. The first-order valence-corrected chi connectivity index (χ1v) is 12.5. The molecule has 0 atom stereocenters. The van der Waals surface area contributed by atoms with Crippen molar-refractivity contribution in [2.75, 3.05) is 19.7 Å². The van der Waals surface area contributed by atoms with Gasteiger partial charge in [0.25, 0.3) is 0 Å². The molecule has 1 aromatic heterocycles. The lowest BCUT2D eigenvalue weighted by Crippen LogP contribution is -2.33. The van der Waals surface area contributed by atoms with Crippen LogP contribution in [-0.2, 0) is 11.3 Å². The van der Waals surface area contributed by atoms with E-state index in [2.05, 4.69) is 64.5 Å². The van der Waals surface area contributed by atoms with Crippen LogP contribution in [0.3, 0.4) is 0 Å². The Morgan fingerprint density at radius 3 is 2.03 bits per heavy atom. The van der Waals surface area contributed by atoms with Gasteiger partial charge in [-0.15, -0.1) is 0 Å². The van der Waals surface area contributed by atoms with E-state index in [4.69, 9.17) is 20.0 Å². The van der Waals surface area contributed by atoms with Gasteiger partial charge < -0.3 is 15.2 Å². The van der Waals surface area contributed by atoms with Crippen LogP contribution >= 0.6 is 0 Å². The minimum Gasteiger partial charge on any atom is -0.475 e. The van der Waals surface area contributed by atoms with E-state index in [0.29, 0.717) is 12.5 Å². The van der Waals surface area contributed by atoms with Crippen LogP contribution in [0.15, 0.2) is 72.8 Å². The summed E-state index contributed by atoms with van der Waals surface area (Å²) in [6.07, 6.45) is -1.72. The molecule has 0 saturated carbocycles. The van der Waals surface area contributed by atoms with Gasteiger partial charge in [0.05, 0.1) is 11.0 Å². The topological polar surface area (TPSA) is 89.4 Å². The number of rotatable bonds is 6. The number of aliphatic hydroxyl groups is 1. The van der Waals surface area contributed by atoms with Crippen LogP contribution in [0.1, 0.15) is 24.8 Å². The Kier molecular flexibility index (Phi) is 8.81. The van der Waals surface area contributed by atoms with E-state index in [9.17, 15) is 13.2 Å². The van der Waals surface area contributed by atoms with Crippen molar-refractivity contribution >= 4 is 17.0 Å². The summed E-state index contributed by atoms with van der Waals surface area (Å²) in [5, 5.41) is 16.2. The van der Waals surface area contributed by atoms with Crippen molar-refractivity contribution in [3.05, 3.63) is 78.4 Å². The molecule has 4 aromatic rings. The molecule has 0 aliphatic carbocycles. The number of halogens is 3. The van der Waals surface area contributed by atoms with Gasteiger partial charge in [-0.05, 0) is 67.1 Å². The summed E-state index contributed by atoms with van der Waals surface area (Å²) < 4.78 is 31.7. The maximum atomic E-state index is 10.6. The Bertz CT molecular complexity index is 1290. The molecule has 1 fully saturated rings. The second kappa shape index (κ2) is 12.2. The molecule has 200 valence electrons. The molecule has 1 saturated heterocycles. The summed E-state index contributed by atoms with van der Waals surface area (Å²) in [5.74, 6) is -1.15. The first-order valence-electron chi connectivity index (χ1n) is 12.5. The van der Waals surface area contributed by atoms with Crippen LogP contribution in [0.5, 0.6) is 0 Å². The fraction of sp³-hybridized carbons (Fsp3) is 0.310. The van der Waals surface area contributed by atoms with Crippen LogP contribution in [-0.4, -0.2) is 56.9 Å². The number of para-hydroxylation sites is 2. The quantitative estimate of drug-likeness (QED) is 0.282. The largest absolute Gasteiger partial charge is 0.490 e. The molecule has 3 aromatic carbocycles. The monoisotopic (exact) mass is 525 g/mol. The van der Waals surface area contributed by atoms with Gasteiger partial charge in [-0.25, -0.2) is 9.78 Å². The minimum absolute atomic E-state index is 0.325. The number of carboxylic acid groups (broad SMARTS) is 1. The lowest BCUT2D eigenvalue weighted by molar-refractivity contribution is -0.192. The maximum absolute atomic E-state index is 10.6. The van der Waals surface area contributed by atoms with E-state index < -0.39 is 12.1 Å². The SMILES string of the molecule is O=C(O)C(F)(F)F.OCCC1CCN(Cc2ccc(-c3ccc(-c4nc5ccccc5[nH]4)cc3)cc2)CC1. The van der Waals surface area contributed by atoms with Crippen molar-refractivity contribution < 1.29 is 28.2 Å². The third kappa shape index (κ3) is 7.20. The molecule has 0 bridgehead atoms. The average molecular weight is 526 g/mol. The normalized spacial score (nSPS) is 14.7. The molecule has 0 unspecified atom stereocenters. The number of piperidine rings is 1. The molecular weight excluding hydrogens is 495 g/mol. The Hall–Kier alpha value is -3.69. The number of benzene rings is 3. The summed E-state index contributed by atoms with van der Waals surface area (Å²) in [6, 6.07) is 25.7. The van der Waals surface area contributed by atoms with Crippen LogP contribution < -0.4 is 0 Å². The molecule has 38 heavy (non-hydrogen) atoms. The molecular formula is C29H30F3N3O3. The molecule has 6 nitrogen and oxygen atoms in total. The number of nitrogens with one attached hydrogen (secondary N) is 1. The van der Waals surface area contributed by atoms with Crippen LogP contribution in [0.4, 0.5) is 13.2 Å². The van der Waals surface area contributed by atoms with Gasteiger partial charge in [-0.3, -0.25) is 4.90 Å². The number of imidazole rings is 1. The fourth-order valence-corrected chi connectivity index (χ4v) is 4.59. The van der Waals surface area contributed by atoms with Crippen molar-refractivity contribution in [1.82, 2.24) is 14.9 Å². The number of nitrogens with zero attached hydrogens (tertiary/aromatic N) is 2. The number of aliphatic hydroxyl groups excluding tert-OH is 1. The third-order valence-corrected chi connectivity index (χ3v) is 6.73. The van der Waals surface area contributed by atoms with Gasteiger partial charge in [0.2, 0.25) is 0 Å². The van der Waals surface area contributed by atoms with Gasteiger partial charge in [0.1, 0.15) is 5.82 Å². The van der Waals surface area contributed by atoms with Gasteiger partial charge in [0.15, 0.2) is 0 Å². The summed E-state index contributed by atoms with van der Waals surface area (Å²) in [4.78, 5) is 19.5. The number of hydrogen-bond acceptors (Lipinski definition) is 4. The number of likely N-dealkylation sites (tertiary alicyclic amines) is 1. The van der Waals surface area contributed by atoms with Gasteiger partial charge in [-0.2, -0.15) is 13.2 Å². The number of alkyl halides is 3. The summed E-state index contributed by atoms with van der Waals surface area (Å²) >= 11 is 0. The molecule has 0 amide bonds. The van der Waals surface area contributed by atoms with Crippen molar-refractivity contribution in [1.29, 1.82) is 0 Å². The number of aromatic amines is 1. The van der Waals surface area contributed by atoms with Crippen molar-refractivity contribution in [3.8, 4) is 22.5 Å². The summed E-state index contributed by atoms with van der Waals surface area (Å²) in [6.45, 7) is 3.60. The van der Waals surface area contributed by atoms with E-state index >= 15 is 0 Å². The van der Waals surface area contributed by atoms with E-state index in [0.717, 1.165) is 48.5 Å². The summed E-state index contributed by atoms with van der Waals surface area (Å²) in [7, 11) is 0. The van der Waals surface area contributed by atoms with Gasteiger partial charge in [0, 0.05) is 18.7 Å². The predicted molar refractivity (Wildman–Crippen MR) is 140 cm³/mol. The molecule has 3 N–H and O–H groups in total. The number of H-pyrrole nitrogens is 1. The zero-order valence-electron chi connectivity index (χ0n) is 20.8. The third-order valence-electron chi connectivity index (χ3n) is 6.73. The highest BCUT2D eigenvalue weighted by molar-refractivity contribution is 5.79. The van der Waals surface area contributed by atoms with E-state index in [1.54, 1.807) is 0 Å². The molecule has 1 aliphatic heterocycles. The molecule has 0 spiro atoms. The second-order valence-electron chi connectivity index (χ2n) is 9.41. The van der Waals surface area contributed by atoms with Crippen LogP contribution in [0, 0.1) is 5.92 Å². The van der Waals surface area contributed by atoms with Crippen LogP contribution in [0.2, 0.25) is 0 Å². The minimum atomic E-state index is -5.08. The number of carboxylic acids is 1. The molecule has 2 heterocycles. The highest BCUT2D eigenvalue weighted by Crippen LogP contribution is 2.26. The Labute approximate surface area is 218 Å². The standard InChI is InChI=1S/C27H29N3O.C2HF3O2/c31-18-15-20-13-16-30(17-14-20)19-21-5-7-22(8-6-21)23-9-11-24(12-10-23)27-28-25-3-1-2-4-26(25)29-27;3-2(4,5)1(6)7/h1-12,20,31H,13-19H2,(H,28,29);(H,6,7). The van der Waals surface area contributed by atoms with Crippen molar-refractivity contribution in [2.24, 2.45) is 5.92 Å². The fourth-order valence-electron chi connectivity index (χ4n) is 4.59. The number of carbonyl (C=O) groups is 1. The predicted octanol–water partition coefficient (Wildman–Crippen LogP) is 6.12. The first kappa shape index (κ1) is 27.3. The number of fused-ring (bicyclic) bond motifs is 1. The number of aliphatic carboxylic acids is 1.